The van der Waals surface area contributed by atoms with Crippen LogP contribution in [0.1, 0.15) is 103 Å². The zero-order valence-corrected chi connectivity index (χ0v) is 29.1. The number of ether oxygens (including phenoxy) is 3. The van der Waals surface area contributed by atoms with E-state index in [1.54, 1.807) is 0 Å². The second kappa shape index (κ2) is 22.3. The molecule has 0 radical (unpaired) electrons. The summed E-state index contributed by atoms with van der Waals surface area (Å²) in [5, 5.41) is 17.5. The Labute approximate surface area is 284 Å². The van der Waals surface area contributed by atoms with Crippen LogP contribution < -0.4 is 22.1 Å². The molecule has 2 aliphatic heterocycles. The minimum atomic E-state index is -1.15. The van der Waals surface area contributed by atoms with Gasteiger partial charge in [-0.25, -0.2) is 9.59 Å². The molecule has 0 spiro atoms. The topological polar surface area (TPSA) is 150 Å². The molecule has 3 rings (SSSR count). The number of aromatic nitrogens is 2. The summed E-state index contributed by atoms with van der Waals surface area (Å²) in [7, 11) is 3.36. The summed E-state index contributed by atoms with van der Waals surface area (Å²) in [6.45, 7) is 3.37. The molecule has 1 fully saturated rings. The normalized spacial score (nSPS) is 21.1. The van der Waals surface area contributed by atoms with E-state index in [0.29, 0.717) is 6.54 Å². The Kier molecular flexibility index (Phi) is 18.1. The van der Waals surface area contributed by atoms with Gasteiger partial charge in [-0.05, 0) is 51.4 Å². The lowest BCUT2D eigenvalue weighted by Crippen LogP contribution is -2.39. The SMILES string of the molecule is CCCCC/C=C\C/C=C\CCCCCCCCN1C=C(CCCNC(=O)OC[C@H]2O[C@@H](n3ccc(=O)[nH]c3=O)C(OC)C2O)N(C)N1. The average Bonchev–Trinajstić information content (AvgIpc) is 3.58. The number of nitrogens with zero attached hydrogens (tertiary/aromatic N) is 3. The molecular weight excluding hydrogens is 616 g/mol. The van der Waals surface area contributed by atoms with Crippen molar-refractivity contribution in [3.63, 3.8) is 0 Å². The van der Waals surface area contributed by atoms with Gasteiger partial charge in [0.2, 0.25) is 0 Å². The fourth-order valence-electron chi connectivity index (χ4n) is 5.80. The molecule has 270 valence electrons. The standard InChI is InChI=1S/C35H58N6O7/c1-4-5-6-7-8-9-10-11-12-13-14-15-16-17-18-19-24-40-26-28(39(2)38-40)21-20-23-36-35(45)47-27-29-31(43)32(46-3)33(48-29)41-25-22-30(42)37-34(41)44/h8-9,11-12,22,25-26,29,31-33,38,43H,4-7,10,13-21,23-24,27H2,1-3H3,(H,36,45)(H,37,42,44)/b9-8-,12-11-/t29-,31?,32?,33-/m1/s1. The van der Waals surface area contributed by atoms with Crippen LogP contribution in [0, 0.1) is 0 Å². The van der Waals surface area contributed by atoms with Crippen LogP contribution in [-0.2, 0) is 14.2 Å². The first kappa shape index (κ1) is 39.1. The lowest BCUT2D eigenvalue weighted by molar-refractivity contribution is -0.0637. The first-order valence-electron chi connectivity index (χ1n) is 17.7. The van der Waals surface area contributed by atoms with Crippen molar-refractivity contribution >= 4 is 6.09 Å². The summed E-state index contributed by atoms with van der Waals surface area (Å²) in [5.74, 6) is 0. The fraction of sp³-hybridized carbons (Fsp3) is 0.686. The Morgan fingerprint density at radius 3 is 2.44 bits per heavy atom. The van der Waals surface area contributed by atoms with Gasteiger partial charge in [-0.1, -0.05) is 69.8 Å². The molecule has 13 nitrogen and oxygen atoms in total. The number of methoxy groups -OCH3 is 1. The molecule has 0 saturated carbocycles. The molecule has 2 unspecified atom stereocenters. The Hall–Kier alpha value is -3.39. The van der Waals surface area contributed by atoms with Crippen molar-refractivity contribution in [3.8, 4) is 0 Å². The number of aliphatic hydroxyl groups is 1. The Morgan fingerprint density at radius 2 is 1.73 bits per heavy atom. The van der Waals surface area contributed by atoms with Crippen molar-refractivity contribution in [1.82, 2.24) is 30.4 Å². The van der Waals surface area contributed by atoms with Gasteiger partial charge in [0.15, 0.2) is 6.23 Å². The third-order valence-electron chi connectivity index (χ3n) is 8.58. The highest BCUT2D eigenvalue weighted by Gasteiger charge is 2.46. The van der Waals surface area contributed by atoms with E-state index >= 15 is 0 Å². The van der Waals surface area contributed by atoms with Crippen molar-refractivity contribution < 1.29 is 24.1 Å². The molecule has 2 aliphatic rings. The number of amides is 1. The third kappa shape index (κ3) is 13.6. The molecule has 13 heteroatoms. The van der Waals surface area contributed by atoms with E-state index in [1.165, 1.54) is 83.6 Å². The molecule has 48 heavy (non-hydrogen) atoms. The molecule has 1 amide bonds. The number of alkyl carbamates (subject to hydrolysis) is 1. The monoisotopic (exact) mass is 674 g/mol. The first-order chi connectivity index (χ1) is 23.3. The lowest BCUT2D eigenvalue weighted by atomic mass is 10.1. The second-order valence-electron chi connectivity index (χ2n) is 12.5. The van der Waals surface area contributed by atoms with Crippen molar-refractivity contribution in [1.29, 1.82) is 0 Å². The predicted molar refractivity (Wildman–Crippen MR) is 186 cm³/mol. The lowest BCUT2D eigenvalue weighted by Gasteiger charge is -2.20. The summed E-state index contributed by atoms with van der Waals surface area (Å²) in [6, 6.07) is 1.17. The minimum absolute atomic E-state index is 0.233. The van der Waals surface area contributed by atoms with Gasteiger partial charge in [0, 0.05) is 51.4 Å². The van der Waals surface area contributed by atoms with Crippen LogP contribution in [0.15, 0.2) is 58.1 Å². The average molecular weight is 675 g/mol. The van der Waals surface area contributed by atoms with E-state index in [9.17, 15) is 19.5 Å². The Bertz CT molecular complexity index is 1280. The van der Waals surface area contributed by atoms with Gasteiger partial charge in [-0.3, -0.25) is 24.4 Å². The highest BCUT2D eigenvalue weighted by molar-refractivity contribution is 5.67. The van der Waals surface area contributed by atoms with Crippen LogP contribution >= 0.6 is 0 Å². The smallest absolute Gasteiger partial charge is 0.407 e. The highest BCUT2D eigenvalue weighted by atomic mass is 16.6. The Morgan fingerprint density at radius 1 is 1.02 bits per heavy atom. The van der Waals surface area contributed by atoms with Gasteiger partial charge in [-0.15, -0.1) is 5.53 Å². The number of hydrogen-bond acceptors (Lipinski definition) is 10. The van der Waals surface area contributed by atoms with E-state index in [-0.39, 0.29) is 6.61 Å². The summed E-state index contributed by atoms with van der Waals surface area (Å²) in [6.07, 6.45) is 24.4. The molecule has 1 aromatic rings. The fourth-order valence-corrected chi connectivity index (χ4v) is 5.80. The summed E-state index contributed by atoms with van der Waals surface area (Å²) in [4.78, 5) is 38.0. The van der Waals surface area contributed by atoms with Crippen LogP contribution in [0.25, 0.3) is 0 Å². The quantitative estimate of drug-likeness (QED) is 0.0955. The first-order valence-corrected chi connectivity index (χ1v) is 17.7. The van der Waals surface area contributed by atoms with Gasteiger partial charge >= 0.3 is 11.8 Å². The van der Waals surface area contributed by atoms with Crippen LogP contribution in [0.4, 0.5) is 4.79 Å². The van der Waals surface area contributed by atoms with Crippen LogP contribution in [-0.4, -0.2) is 82.9 Å². The number of carbonyl (C=O) groups is 1. The summed E-state index contributed by atoms with van der Waals surface area (Å²) in [5.41, 5.74) is 3.25. The molecule has 3 heterocycles. The number of carbonyl (C=O) groups excluding carboxylic acids is 1. The third-order valence-corrected chi connectivity index (χ3v) is 8.58. The number of aliphatic hydroxyl groups excluding tert-OH is 1. The zero-order valence-electron chi connectivity index (χ0n) is 29.1. The number of unbranched alkanes of at least 4 members (excludes halogenated alkanes) is 9. The number of rotatable bonds is 23. The van der Waals surface area contributed by atoms with E-state index < -0.39 is 41.9 Å². The predicted octanol–water partition coefficient (Wildman–Crippen LogP) is 4.64. The maximum atomic E-state index is 12.3. The van der Waals surface area contributed by atoms with E-state index in [0.717, 1.165) is 42.5 Å². The maximum Gasteiger partial charge on any atom is 0.407 e. The van der Waals surface area contributed by atoms with Crippen molar-refractivity contribution in [3.05, 3.63) is 69.3 Å². The number of hydrogen-bond donors (Lipinski definition) is 4. The molecule has 1 aromatic heterocycles. The highest BCUT2D eigenvalue weighted by Crippen LogP contribution is 2.30. The number of hydrazine groups is 2. The molecular formula is C35H58N6O7. The zero-order chi connectivity index (χ0) is 34.6. The summed E-state index contributed by atoms with van der Waals surface area (Å²) < 4.78 is 17.5. The van der Waals surface area contributed by atoms with Crippen LogP contribution in [0.3, 0.4) is 0 Å². The van der Waals surface area contributed by atoms with Crippen LogP contribution in [0.2, 0.25) is 0 Å². The van der Waals surface area contributed by atoms with E-state index in [2.05, 4.69) is 58.3 Å². The van der Waals surface area contributed by atoms with Gasteiger partial charge in [-0.2, -0.15) is 0 Å². The number of allylic oxidation sites excluding steroid dienone is 5. The van der Waals surface area contributed by atoms with Gasteiger partial charge < -0.3 is 24.6 Å². The molecule has 4 atom stereocenters. The van der Waals surface area contributed by atoms with Gasteiger partial charge in [0.1, 0.15) is 24.9 Å². The maximum absolute atomic E-state index is 12.3. The van der Waals surface area contributed by atoms with E-state index in [1.807, 2.05) is 12.1 Å². The Balaban J connectivity index is 1.21. The van der Waals surface area contributed by atoms with Crippen molar-refractivity contribution in [2.24, 2.45) is 0 Å². The van der Waals surface area contributed by atoms with Gasteiger partial charge in [0.05, 0.1) is 0 Å². The van der Waals surface area contributed by atoms with Crippen molar-refractivity contribution in [2.75, 3.05) is 33.9 Å². The molecule has 0 aromatic carbocycles. The largest absolute Gasteiger partial charge is 0.447 e. The van der Waals surface area contributed by atoms with E-state index in [4.69, 9.17) is 14.2 Å². The summed E-state index contributed by atoms with van der Waals surface area (Å²) >= 11 is 0. The molecule has 0 aliphatic carbocycles. The number of nitrogens with one attached hydrogen (secondary N) is 3. The molecule has 1 saturated heterocycles. The van der Waals surface area contributed by atoms with Crippen LogP contribution in [0.5, 0.6) is 0 Å². The molecule has 0 bridgehead atoms. The minimum Gasteiger partial charge on any atom is -0.447 e. The van der Waals surface area contributed by atoms with Crippen molar-refractivity contribution in [2.45, 2.75) is 121 Å². The van der Waals surface area contributed by atoms with Gasteiger partial charge in [0.25, 0.3) is 5.56 Å². The number of H-pyrrole nitrogens is 1. The number of aromatic amines is 1. The second-order valence-corrected chi connectivity index (χ2v) is 12.5. The molecule has 4 N–H and O–H groups in total.